The zero-order chi connectivity index (χ0) is 20.4. The molecule has 2 aromatic carbocycles. The Kier molecular flexibility index (Phi) is 4.95. The molecule has 0 aliphatic rings. The number of nitrogens with one attached hydrogen (secondary N) is 1. The molecule has 4 aromatic rings. The van der Waals surface area contributed by atoms with Crippen molar-refractivity contribution >= 4 is 22.6 Å². The fourth-order valence-electron chi connectivity index (χ4n) is 3.13. The van der Waals surface area contributed by atoms with Crippen LogP contribution in [0.5, 0.6) is 5.75 Å². The summed E-state index contributed by atoms with van der Waals surface area (Å²) in [4.78, 5) is 22.4. The molecule has 4 rings (SSSR count). The third-order valence-corrected chi connectivity index (χ3v) is 4.40. The van der Waals surface area contributed by atoms with Gasteiger partial charge in [0.25, 0.3) is 5.91 Å². The number of para-hydroxylation sites is 2. The van der Waals surface area contributed by atoms with E-state index in [1.807, 2.05) is 63.2 Å². The maximum atomic E-state index is 13.1. The lowest BCUT2D eigenvalue weighted by Gasteiger charge is -2.12. The molecular weight excluding hydrogens is 366 g/mol. The van der Waals surface area contributed by atoms with Gasteiger partial charge in [-0.3, -0.25) is 4.79 Å². The lowest BCUT2D eigenvalue weighted by atomic mass is 10.2. The molecule has 1 amide bonds. The van der Waals surface area contributed by atoms with Crippen molar-refractivity contribution < 1.29 is 9.53 Å². The number of rotatable bonds is 5. The lowest BCUT2D eigenvalue weighted by Crippen LogP contribution is -2.19. The average molecular weight is 387 g/mol. The summed E-state index contributed by atoms with van der Waals surface area (Å²) in [5.74, 6) is 0.798. The standard InChI is InChI=1S/C22H21N5O2/c1-4-29-17-11-9-16(10-12-17)23-22(28)20-21(27-15(3)13-14(2)26-27)25-19-8-6-5-7-18(19)24-20/h5-13H,4H2,1-3H3,(H,23,28). The minimum atomic E-state index is -0.352. The minimum Gasteiger partial charge on any atom is -0.494 e. The topological polar surface area (TPSA) is 81.9 Å². The zero-order valence-corrected chi connectivity index (χ0v) is 16.5. The Morgan fingerprint density at radius 1 is 1.03 bits per heavy atom. The molecule has 7 nitrogen and oxygen atoms in total. The van der Waals surface area contributed by atoms with Crippen LogP contribution in [0.2, 0.25) is 0 Å². The number of nitrogens with zero attached hydrogens (tertiary/aromatic N) is 4. The highest BCUT2D eigenvalue weighted by atomic mass is 16.5. The normalized spacial score (nSPS) is 10.9. The monoisotopic (exact) mass is 387 g/mol. The maximum Gasteiger partial charge on any atom is 0.278 e. The number of carbonyl (C=O) groups excluding carboxylic acids is 1. The molecule has 29 heavy (non-hydrogen) atoms. The smallest absolute Gasteiger partial charge is 0.278 e. The van der Waals surface area contributed by atoms with Gasteiger partial charge >= 0.3 is 0 Å². The molecule has 0 atom stereocenters. The Balaban J connectivity index is 1.75. The molecule has 0 aliphatic carbocycles. The third kappa shape index (κ3) is 3.80. The summed E-state index contributed by atoms with van der Waals surface area (Å²) >= 11 is 0. The largest absolute Gasteiger partial charge is 0.494 e. The van der Waals surface area contributed by atoms with Crippen molar-refractivity contribution in [1.29, 1.82) is 0 Å². The van der Waals surface area contributed by atoms with Gasteiger partial charge in [-0.05, 0) is 63.2 Å². The number of ether oxygens (including phenoxy) is 1. The van der Waals surface area contributed by atoms with Crippen molar-refractivity contribution in [2.75, 3.05) is 11.9 Å². The van der Waals surface area contributed by atoms with Gasteiger partial charge in [0.2, 0.25) is 0 Å². The lowest BCUT2D eigenvalue weighted by molar-refractivity contribution is 0.102. The van der Waals surface area contributed by atoms with Crippen LogP contribution in [-0.4, -0.2) is 32.3 Å². The molecule has 0 fully saturated rings. The van der Waals surface area contributed by atoms with Gasteiger partial charge < -0.3 is 10.1 Å². The molecule has 1 N–H and O–H groups in total. The molecule has 0 saturated carbocycles. The van der Waals surface area contributed by atoms with E-state index in [0.29, 0.717) is 29.1 Å². The quantitative estimate of drug-likeness (QED) is 0.558. The SMILES string of the molecule is CCOc1ccc(NC(=O)c2nc3ccccc3nc2-n2nc(C)cc2C)cc1. The highest BCUT2D eigenvalue weighted by molar-refractivity contribution is 6.06. The van der Waals surface area contributed by atoms with Gasteiger partial charge in [-0.1, -0.05) is 12.1 Å². The van der Waals surface area contributed by atoms with Crippen LogP contribution < -0.4 is 10.1 Å². The molecule has 0 unspecified atom stereocenters. The average Bonchev–Trinajstić information content (AvgIpc) is 3.06. The van der Waals surface area contributed by atoms with Crippen molar-refractivity contribution in [2.45, 2.75) is 20.8 Å². The van der Waals surface area contributed by atoms with Gasteiger partial charge in [-0.25, -0.2) is 14.6 Å². The molecule has 0 radical (unpaired) electrons. The van der Waals surface area contributed by atoms with Crippen LogP contribution in [0.25, 0.3) is 16.9 Å². The molecule has 0 spiro atoms. The summed E-state index contributed by atoms with van der Waals surface area (Å²) in [6.45, 7) is 6.33. The minimum absolute atomic E-state index is 0.212. The second kappa shape index (κ2) is 7.71. The first-order chi connectivity index (χ1) is 14.0. The number of aryl methyl sites for hydroxylation is 2. The summed E-state index contributed by atoms with van der Waals surface area (Å²) in [6.07, 6.45) is 0. The van der Waals surface area contributed by atoms with Crippen molar-refractivity contribution in [1.82, 2.24) is 19.7 Å². The maximum absolute atomic E-state index is 13.1. The van der Waals surface area contributed by atoms with Gasteiger partial charge in [0.05, 0.1) is 23.3 Å². The number of hydrogen-bond acceptors (Lipinski definition) is 5. The number of benzene rings is 2. The predicted molar refractivity (Wildman–Crippen MR) is 112 cm³/mol. The van der Waals surface area contributed by atoms with Crippen LogP contribution in [-0.2, 0) is 0 Å². The van der Waals surface area contributed by atoms with Crippen LogP contribution in [0.15, 0.2) is 54.6 Å². The van der Waals surface area contributed by atoms with Gasteiger partial charge in [0.15, 0.2) is 11.5 Å². The summed E-state index contributed by atoms with van der Waals surface area (Å²) < 4.78 is 7.10. The Morgan fingerprint density at radius 3 is 2.34 bits per heavy atom. The van der Waals surface area contributed by atoms with Crippen LogP contribution in [0.1, 0.15) is 28.8 Å². The Bertz CT molecular complexity index is 1180. The first kappa shape index (κ1) is 18.6. The highest BCUT2D eigenvalue weighted by Gasteiger charge is 2.20. The van der Waals surface area contributed by atoms with E-state index in [1.165, 1.54) is 0 Å². The Morgan fingerprint density at radius 2 is 1.72 bits per heavy atom. The Labute approximate surface area is 168 Å². The number of fused-ring (bicyclic) bond motifs is 1. The van der Waals surface area contributed by atoms with E-state index in [4.69, 9.17) is 4.74 Å². The molecular formula is C22H21N5O2. The first-order valence-corrected chi connectivity index (χ1v) is 9.40. The van der Waals surface area contributed by atoms with Crippen LogP contribution in [0.3, 0.4) is 0 Å². The van der Waals surface area contributed by atoms with Gasteiger partial charge in [0.1, 0.15) is 5.75 Å². The summed E-state index contributed by atoms with van der Waals surface area (Å²) in [6, 6.07) is 16.6. The fraction of sp³-hybridized carbons (Fsp3) is 0.182. The van der Waals surface area contributed by atoms with E-state index in [-0.39, 0.29) is 11.6 Å². The fourth-order valence-corrected chi connectivity index (χ4v) is 3.13. The molecule has 0 bridgehead atoms. The molecule has 146 valence electrons. The number of carbonyl (C=O) groups is 1. The van der Waals surface area contributed by atoms with E-state index in [1.54, 1.807) is 16.8 Å². The highest BCUT2D eigenvalue weighted by Crippen LogP contribution is 2.21. The van der Waals surface area contributed by atoms with E-state index >= 15 is 0 Å². The van der Waals surface area contributed by atoms with Crippen molar-refractivity contribution in [3.8, 4) is 11.6 Å². The first-order valence-electron chi connectivity index (χ1n) is 9.40. The second-order valence-electron chi connectivity index (χ2n) is 6.63. The van der Waals surface area contributed by atoms with Crippen molar-refractivity contribution in [3.63, 3.8) is 0 Å². The van der Waals surface area contributed by atoms with E-state index in [0.717, 1.165) is 17.1 Å². The molecule has 0 aliphatic heterocycles. The van der Waals surface area contributed by atoms with Gasteiger partial charge in [-0.15, -0.1) is 0 Å². The second-order valence-corrected chi connectivity index (χ2v) is 6.63. The molecule has 2 aromatic heterocycles. The number of hydrogen-bond donors (Lipinski definition) is 1. The van der Waals surface area contributed by atoms with Crippen LogP contribution in [0.4, 0.5) is 5.69 Å². The number of amides is 1. The zero-order valence-electron chi connectivity index (χ0n) is 16.5. The number of aromatic nitrogens is 4. The van der Waals surface area contributed by atoms with E-state index < -0.39 is 0 Å². The summed E-state index contributed by atoms with van der Waals surface area (Å²) in [5.41, 5.74) is 3.93. The Hall–Kier alpha value is -3.74. The van der Waals surface area contributed by atoms with Crippen molar-refractivity contribution in [2.24, 2.45) is 0 Å². The predicted octanol–water partition coefficient (Wildman–Crippen LogP) is 4.08. The third-order valence-electron chi connectivity index (χ3n) is 4.40. The summed E-state index contributed by atoms with van der Waals surface area (Å²) in [5, 5.41) is 7.38. The molecule has 7 heteroatoms. The van der Waals surface area contributed by atoms with E-state index in [2.05, 4.69) is 20.4 Å². The number of anilines is 1. The van der Waals surface area contributed by atoms with Crippen LogP contribution >= 0.6 is 0 Å². The van der Waals surface area contributed by atoms with Crippen LogP contribution in [0, 0.1) is 13.8 Å². The van der Waals surface area contributed by atoms with Crippen molar-refractivity contribution in [3.05, 3.63) is 71.7 Å². The van der Waals surface area contributed by atoms with E-state index in [9.17, 15) is 4.79 Å². The summed E-state index contributed by atoms with van der Waals surface area (Å²) in [7, 11) is 0. The molecule has 2 heterocycles. The van der Waals surface area contributed by atoms with Gasteiger partial charge in [0, 0.05) is 11.4 Å². The molecule has 0 saturated heterocycles. The van der Waals surface area contributed by atoms with Gasteiger partial charge in [-0.2, -0.15) is 5.10 Å².